The van der Waals surface area contributed by atoms with Crippen molar-refractivity contribution < 1.29 is 22.4 Å². The molecular weight excluding hydrogens is 442 g/mol. The number of carbonyl (C=O) groups excluding carboxylic acids is 1. The molecule has 1 N–H and O–H groups in total. The molecule has 174 valence electrons. The molecule has 1 atom stereocenters. The van der Waals surface area contributed by atoms with Crippen LogP contribution in [0.3, 0.4) is 0 Å². The maximum Gasteiger partial charge on any atom is 0.339 e. The summed E-state index contributed by atoms with van der Waals surface area (Å²) in [5.41, 5.74) is 3.15. The lowest BCUT2D eigenvalue weighted by Crippen LogP contribution is -2.46. The lowest BCUT2D eigenvalue weighted by Gasteiger charge is -2.21. The Balaban J connectivity index is 1.69. The average molecular weight is 470 g/mol. The molecule has 0 fully saturated rings. The molecule has 1 aromatic heterocycles. The van der Waals surface area contributed by atoms with Crippen molar-refractivity contribution in [1.29, 1.82) is 0 Å². The number of carbonyl (C=O) groups is 1. The summed E-state index contributed by atoms with van der Waals surface area (Å²) in [5.74, 6) is -0.805. The van der Waals surface area contributed by atoms with Crippen molar-refractivity contribution in [2.45, 2.75) is 57.9 Å². The molecule has 0 amide bonds. The molecule has 33 heavy (non-hydrogen) atoms. The first-order valence-corrected chi connectivity index (χ1v) is 12.4. The van der Waals surface area contributed by atoms with E-state index in [-0.39, 0.29) is 22.2 Å². The van der Waals surface area contributed by atoms with Gasteiger partial charge in [0, 0.05) is 5.56 Å². The molecule has 3 aromatic rings. The maximum atomic E-state index is 13.2. The van der Waals surface area contributed by atoms with Crippen LogP contribution < -0.4 is 15.1 Å². The second-order valence-corrected chi connectivity index (χ2v) is 10.6. The molecule has 1 heterocycles. The summed E-state index contributed by atoms with van der Waals surface area (Å²) in [5, 5.41) is 0.602. The van der Waals surface area contributed by atoms with Crippen molar-refractivity contribution in [3.63, 3.8) is 0 Å². The van der Waals surface area contributed by atoms with Gasteiger partial charge in [0.15, 0.2) is 0 Å². The second-order valence-electron chi connectivity index (χ2n) is 8.91. The SMILES string of the molecule is Cc1ccc(S(=O)(=O)N[C@H](C(=O)Oc2cc(C)cc3oc(=O)c4c(c23)CCC4)C(C)C)cc1. The van der Waals surface area contributed by atoms with Gasteiger partial charge in [-0.1, -0.05) is 31.5 Å². The standard InChI is InChI=1S/C25H27NO6S/c1-14(2)23(26-33(29,30)17-10-8-15(3)9-11-17)25(28)32-21-13-16(4)12-20-22(21)18-6-5-7-19(18)24(27)31-20/h8-14,23,26H,5-7H2,1-4H3/t23-/m0/s1. The number of hydrogen-bond acceptors (Lipinski definition) is 6. The van der Waals surface area contributed by atoms with E-state index >= 15 is 0 Å². The van der Waals surface area contributed by atoms with Gasteiger partial charge in [0.05, 0.1) is 10.3 Å². The van der Waals surface area contributed by atoms with E-state index in [0.717, 1.165) is 23.1 Å². The third-order valence-electron chi connectivity index (χ3n) is 5.92. The number of rotatable bonds is 6. The van der Waals surface area contributed by atoms with Crippen LogP contribution in [0, 0.1) is 19.8 Å². The van der Waals surface area contributed by atoms with E-state index in [0.29, 0.717) is 29.4 Å². The van der Waals surface area contributed by atoms with E-state index in [4.69, 9.17) is 9.15 Å². The van der Waals surface area contributed by atoms with Gasteiger partial charge in [0.25, 0.3) is 0 Å². The minimum Gasteiger partial charge on any atom is -0.425 e. The molecular formula is C25H27NO6S. The highest BCUT2D eigenvalue weighted by molar-refractivity contribution is 7.89. The summed E-state index contributed by atoms with van der Waals surface area (Å²) in [6.07, 6.45) is 2.14. The van der Waals surface area contributed by atoms with Gasteiger partial charge in [0.2, 0.25) is 10.0 Å². The number of benzene rings is 2. The Morgan fingerprint density at radius 3 is 2.36 bits per heavy atom. The number of ether oxygens (including phenoxy) is 1. The maximum absolute atomic E-state index is 13.2. The quantitative estimate of drug-likeness (QED) is 0.335. The molecule has 0 bridgehead atoms. The van der Waals surface area contributed by atoms with E-state index < -0.39 is 22.0 Å². The number of nitrogens with one attached hydrogen (secondary N) is 1. The third-order valence-corrected chi connectivity index (χ3v) is 7.38. The number of sulfonamides is 1. The Hall–Kier alpha value is -2.97. The zero-order chi connectivity index (χ0) is 23.9. The Morgan fingerprint density at radius 1 is 1.03 bits per heavy atom. The number of esters is 1. The highest BCUT2D eigenvalue weighted by Crippen LogP contribution is 2.35. The van der Waals surface area contributed by atoms with Gasteiger partial charge in [-0.25, -0.2) is 18.0 Å². The summed E-state index contributed by atoms with van der Waals surface area (Å²) in [6, 6.07) is 8.75. The fourth-order valence-electron chi connectivity index (χ4n) is 4.17. The molecule has 1 aliphatic rings. The lowest BCUT2D eigenvalue weighted by molar-refractivity contribution is -0.137. The summed E-state index contributed by atoms with van der Waals surface area (Å²) in [4.78, 5) is 25.6. The fourth-order valence-corrected chi connectivity index (χ4v) is 5.50. The highest BCUT2D eigenvalue weighted by Gasteiger charge is 2.31. The van der Waals surface area contributed by atoms with E-state index in [1.165, 1.54) is 12.1 Å². The van der Waals surface area contributed by atoms with Gasteiger partial charge >= 0.3 is 11.6 Å². The Morgan fingerprint density at radius 2 is 1.70 bits per heavy atom. The van der Waals surface area contributed by atoms with Crippen LogP contribution in [0.2, 0.25) is 0 Å². The minimum absolute atomic E-state index is 0.0761. The van der Waals surface area contributed by atoms with Crippen LogP contribution in [0.25, 0.3) is 11.0 Å². The fraction of sp³-hybridized carbons (Fsp3) is 0.360. The first-order valence-electron chi connectivity index (χ1n) is 11.0. The molecule has 2 aromatic carbocycles. The molecule has 0 spiro atoms. The lowest BCUT2D eigenvalue weighted by atomic mass is 10.0. The normalized spacial score (nSPS) is 14.5. The summed E-state index contributed by atoms with van der Waals surface area (Å²) >= 11 is 0. The summed E-state index contributed by atoms with van der Waals surface area (Å²) in [7, 11) is -3.94. The molecule has 0 unspecified atom stereocenters. The molecule has 7 nitrogen and oxygen atoms in total. The third kappa shape index (κ3) is 4.58. The zero-order valence-electron chi connectivity index (χ0n) is 19.1. The van der Waals surface area contributed by atoms with Crippen molar-refractivity contribution in [2.75, 3.05) is 0 Å². The van der Waals surface area contributed by atoms with Crippen molar-refractivity contribution in [3.05, 3.63) is 69.1 Å². The predicted octanol–water partition coefficient (Wildman–Crippen LogP) is 3.81. The van der Waals surface area contributed by atoms with Crippen molar-refractivity contribution in [1.82, 2.24) is 4.72 Å². The van der Waals surface area contributed by atoms with E-state index in [1.807, 2.05) is 13.8 Å². The predicted molar refractivity (Wildman–Crippen MR) is 125 cm³/mol. The first kappa shape index (κ1) is 23.2. The van der Waals surface area contributed by atoms with Crippen LogP contribution in [0.5, 0.6) is 5.75 Å². The number of fused-ring (bicyclic) bond motifs is 3. The van der Waals surface area contributed by atoms with Crippen molar-refractivity contribution in [2.24, 2.45) is 5.92 Å². The van der Waals surface area contributed by atoms with E-state index in [1.54, 1.807) is 38.1 Å². The molecule has 0 radical (unpaired) electrons. The van der Waals surface area contributed by atoms with E-state index in [9.17, 15) is 18.0 Å². The summed E-state index contributed by atoms with van der Waals surface area (Å²) in [6.45, 7) is 7.16. The van der Waals surface area contributed by atoms with Crippen LogP contribution in [-0.2, 0) is 27.7 Å². The van der Waals surface area contributed by atoms with Gasteiger partial charge in [-0.15, -0.1) is 0 Å². The van der Waals surface area contributed by atoms with Crippen LogP contribution in [-0.4, -0.2) is 20.4 Å². The molecule has 0 saturated carbocycles. The van der Waals surface area contributed by atoms with Crippen LogP contribution in [0.1, 0.15) is 42.5 Å². The van der Waals surface area contributed by atoms with Crippen LogP contribution in [0.4, 0.5) is 0 Å². The van der Waals surface area contributed by atoms with Crippen molar-refractivity contribution in [3.8, 4) is 5.75 Å². The number of aryl methyl sites for hydroxylation is 3. The molecule has 0 saturated heterocycles. The zero-order valence-corrected chi connectivity index (χ0v) is 19.9. The molecule has 8 heteroatoms. The monoisotopic (exact) mass is 469 g/mol. The van der Waals surface area contributed by atoms with Crippen molar-refractivity contribution >= 4 is 27.0 Å². The number of hydrogen-bond donors (Lipinski definition) is 1. The van der Waals surface area contributed by atoms with E-state index in [2.05, 4.69) is 4.72 Å². The summed E-state index contributed by atoms with van der Waals surface area (Å²) < 4.78 is 39.6. The first-order chi connectivity index (χ1) is 15.6. The highest BCUT2D eigenvalue weighted by atomic mass is 32.2. The largest absolute Gasteiger partial charge is 0.425 e. The van der Waals surface area contributed by atoms with Gasteiger partial charge in [-0.3, -0.25) is 0 Å². The van der Waals surface area contributed by atoms with Gasteiger partial charge in [0.1, 0.15) is 17.4 Å². The minimum atomic E-state index is -3.94. The molecule has 1 aliphatic carbocycles. The van der Waals surface area contributed by atoms with Crippen LogP contribution in [0.15, 0.2) is 50.5 Å². The Bertz CT molecular complexity index is 1390. The van der Waals surface area contributed by atoms with Crippen LogP contribution >= 0.6 is 0 Å². The molecule has 0 aliphatic heterocycles. The molecule has 4 rings (SSSR count). The average Bonchev–Trinajstić information content (AvgIpc) is 3.22. The second kappa shape index (κ2) is 8.76. The van der Waals surface area contributed by atoms with Gasteiger partial charge in [-0.2, -0.15) is 4.72 Å². The topological polar surface area (TPSA) is 103 Å². The van der Waals surface area contributed by atoms with Gasteiger partial charge < -0.3 is 9.15 Å². The Labute approximate surface area is 192 Å². The smallest absolute Gasteiger partial charge is 0.339 e. The Kier molecular flexibility index (Phi) is 6.16. The van der Waals surface area contributed by atoms with Gasteiger partial charge in [-0.05, 0) is 74.4 Å².